The molecule has 0 bridgehead atoms. The zero-order valence-corrected chi connectivity index (χ0v) is 16.4. The summed E-state index contributed by atoms with van der Waals surface area (Å²) in [7, 11) is 0. The Labute approximate surface area is 160 Å². The number of rotatable bonds is 5. The summed E-state index contributed by atoms with van der Waals surface area (Å²) < 4.78 is 0. The molecule has 2 aliphatic rings. The summed E-state index contributed by atoms with van der Waals surface area (Å²) >= 11 is 10.4. The lowest BCUT2D eigenvalue weighted by Gasteiger charge is -2.19. The maximum atomic E-state index is 12.0. The third kappa shape index (κ3) is 6.86. The van der Waals surface area contributed by atoms with Gasteiger partial charge in [-0.2, -0.15) is 0 Å². The van der Waals surface area contributed by atoms with Crippen molar-refractivity contribution in [2.75, 3.05) is 6.54 Å². The highest BCUT2D eigenvalue weighted by molar-refractivity contribution is 7.80. The molecule has 2 rings (SSSR count). The molecule has 6 nitrogen and oxygen atoms in total. The Balaban J connectivity index is 1.61. The number of carbonyl (C=O) groups is 2. The van der Waals surface area contributed by atoms with Crippen LogP contribution in [0.25, 0.3) is 0 Å². The molecule has 4 N–H and O–H groups in total. The van der Waals surface area contributed by atoms with Gasteiger partial charge in [-0.15, -0.1) is 0 Å². The van der Waals surface area contributed by atoms with E-state index in [9.17, 15) is 9.59 Å². The molecule has 2 aliphatic carbocycles. The largest absolute Gasteiger partial charge is 0.360 e. The molecule has 2 amide bonds. The molecule has 0 aromatic carbocycles. The number of hydrogen-bond donors (Lipinski definition) is 4. The molecule has 0 radical (unpaired) electrons. The van der Waals surface area contributed by atoms with E-state index in [4.69, 9.17) is 24.4 Å². The molecular weight excluding hydrogens is 356 g/mol. The molecule has 0 aromatic rings. The molecule has 2 saturated carbocycles. The van der Waals surface area contributed by atoms with Crippen LogP contribution in [0.4, 0.5) is 0 Å². The molecule has 0 aliphatic heterocycles. The van der Waals surface area contributed by atoms with E-state index in [2.05, 4.69) is 21.3 Å². The smallest absolute Gasteiger partial charge is 0.229 e. The molecule has 0 aromatic heterocycles. The summed E-state index contributed by atoms with van der Waals surface area (Å²) in [6.45, 7) is 2.44. The topological polar surface area (TPSA) is 82.3 Å². The molecule has 8 heteroatoms. The van der Waals surface area contributed by atoms with Gasteiger partial charge in [-0.25, -0.2) is 0 Å². The summed E-state index contributed by atoms with van der Waals surface area (Å²) in [4.78, 5) is 24.0. The van der Waals surface area contributed by atoms with Crippen LogP contribution >= 0.6 is 24.4 Å². The first-order valence-corrected chi connectivity index (χ1v) is 9.97. The van der Waals surface area contributed by atoms with Crippen molar-refractivity contribution in [3.63, 3.8) is 0 Å². The van der Waals surface area contributed by atoms with Crippen molar-refractivity contribution in [3.05, 3.63) is 0 Å². The SMILES string of the molecule is C[C@@H](CNC(=S)NC(=O)C1CCCC1)NC(=S)NC(=O)C1CCCC1. The summed E-state index contributed by atoms with van der Waals surface area (Å²) in [6.07, 6.45) is 8.24. The fraction of sp³-hybridized carbons (Fsp3) is 0.765. The highest BCUT2D eigenvalue weighted by atomic mass is 32.1. The predicted molar refractivity (Wildman–Crippen MR) is 106 cm³/mol. The first-order chi connectivity index (χ1) is 12.0. The van der Waals surface area contributed by atoms with E-state index in [0.29, 0.717) is 16.8 Å². The number of hydrogen-bond acceptors (Lipinski definition) is 4. The van der Waals surface area contributed by atoms with Gasteiger partial charge in [0.25, 0.3) is 0 Å². The van der Waals surface area contributed by atoms with Crippen LogP contribution in [0.5, 0.6) is 0 Å². The van der Waals surface area contributed by atoms with Crippen molar-refractivity contribution in [1.29, 1.82) is 0 Å². The summed E-state index contributed by atoms with van der Waals surface area (Å²) in [5.41, 5.74) is 0. The van der Waals surface area contributed by atoms with Crippen LogP contribution in [-0.4, -0.2) is 34.6 Å². The maximum absolute atomic E-state index is 12.0. The Morgan fingerprint density at radius 2 is 1.32 bits per heavy atom. The van der Waals surface area contributed by atoms with Gasteiger partial charge in [0.05, 0.1) is 0 Å². The van der Waals surface area contributed by atoms with Crippen molar-refractivity contribution < 1.29 is 9.59 Å². The van der Waals surface area contributed by atoms with Gasteiger partial charge in [0, 0.05) is 24.4 Å². The first-order valence-electron chi connectivity index (χ1n) is 9.15. The van der Waals surface area contributed by atoms with E-state index >= 15 is 0 Å². The van der Waals surface area contributed by atoms with Gasteiger partial charge in [0.2, 0.25) is 11.8 Å². The number of nitrogens with one attached hydrogen (secondary N) is 4. The molecule has 0 saturated heterocycles. The lowest BCUT2D eigenvalue weighted by Crippen LogP contribution is -2.50. The molecule has 2 fully saturated rings. The second-order valence-electron chi connectivity index (χ2n) is 7.03. The molecule has 140 valence electrons. The first kappa shape index (κ1) is 20.0. The molecule has 0 unspecified atom stereocenters. The predicted octanol–water partition coefficient (Wildman–Crippen LogP) is 1.74. The molecule has 0 heterocycles. The normalized spacial score (nSPS) is 19.2. The fourth-order valence-corrected chi connectivity index (χ4v) is 3.89. The van der Waals surface area contributed by atoms with Gasteiger partial charge in [0.15, 0.2) is 10.2 Å². The Morgan fingerprint density at radius 3 is 1.80 bits per heavy atom. The summed E-state index contributed by atoms with van der Waals surface area (Å²) in [6, 6.07) is -0.0299. The van der Waals surface area contributed by atoms with Crippen LogP contribution in [0, 0.1) is 11.8 Å². The van der Waals surface area contributed by atoms with Crippen LogP contribution in [-0.2, 0) is 9.59 Å². The minimum absolute atomic E-state index is 0.00880. The number of thiocarbonyl (C=S) groups is 2. The minimum atomic E-state index is -0.0299. The van der Waals surface area contributed by atoms with Crippen LogP contribution in [0.15, 0.2) is 0 Å². The van der Waals surface area contributed by atoms with E-state index in [0.717, 1.165) is 51.4 Å². The second-order valence-corrected chi connectivity index (χ2v) is 7.84. The van der Waals surface area contributed by atoms with E-state index in [1.54, 1.807) is 0 Å². The van der Waals surface area contributed by atoms with Crippen LogP contribution in [0.3, 0.4) is 0 Å². The lowest BCUT2D eigenvalue weighted by atomic mass is 10.1. The third-order valence-corrected chi connectivity index (χ3v) is 5.34. The number of amides is 2. The quantitative estimate of drug-likeness (QED) is 0.541. The Hall–Kier alpha value is -1.28. The van der Waals surface area contributed by atoms with E-state index in [1.165, 1.54) is 0 Å². The second kappa shape index (κ2) is 10.0. The average molecular weight is 385 g/mol. The van der Waals surface area contributed by atoms with E-state index in [1.807, 2.05) is 6.92 Å². The Morgan fingerprint density at radius 1 is 0.880 bits per heavy atom. The Bertz CT molecular complexity index is 515. The van der Waals surface area contributed by atoms with Gasteiger partial charge in [-0.05, 0) is 57.0 Å². The molecule has 25 heavy (non-hydrogen) atoms. The number of carbonyl (C=O) groups excluding carboxylic acids is 2. The third-order valence-electron chi connectivity index (χ3n) is 4.87. The maximum Gasteiger partial charge on any atom is 0.229 e. The van der Waals surface area contributed by atoms with Crippen LogP contribution < -0.4 is 21.3 Å². The van der Waals surface area contributed by atoms with Gasteiger partial charge in [0.1, 0.15) is 0 Å². The van der Waals surface area contributed by atoms with Crippen LogP contribution in [0.2, 0.25) is 0 Å². The van der Waals surface area contributed by atoms with Crippen molar-refractivity contribution >= 4 is 46.5 Å². The molecule has 1 atom stereocenters. The fourth-order valence-electron chi connectivity index (χ4n) is 3.40. The molecular formula is C17H28N4O2S2. The van der Waals surface area contributed by atoms with Crippen molar-refractivity contribution in [2.45, 2.75) is 64.3 Å². The Kier molecular flexibility index (Phi) is 8.02. The highest BCUT2D eigenvalue weighted by Crippen LogP contribution is 2.25. The average Bonchev–Trinajstić information content (AvgIpc) is 3.25. The van der Waals surface area contributed by atoms with Gasteiger partial charge in [-0.3, -0.25) is 9.59 Å². The summed E-state index contributed by atoms with van der Waals surface area (Å²) in [5.74, 6) is 0.199. The highest BCUT2D eigenvalue weighted by Gasteiger charge is 2.24. The van der Waals surface area contributed by atoms with E-state index in [-0.39, 0.29) is 29.7 Å². The summed E-state index contributed by atoms with van der Waals surface area (Å²) in [5, 5.41) is 12.3. The van der Waals surface area contributed by atoms with E-state index < -0.39 is 0 Å². The van der Waals surface area contributed by atoms with Crippen molar-refractivity contribution in [2.24, 2.45) is 11.8 Å². The van der Waals surface area contributed by atoms with Crippen molar-refractivity contribution in [1.82, 2.24) is 21.3 Å². The zero-order chi connectivity index (χ0) is 18.2. The standard InChI is InChI=1S/C17H28N4O2S2/c1-11(19-17(25)21-15(23)13-8-4-5-9-13)10-18-16(24)20-14(22)12-6-2-3-7-12/h11-13H,2-10H2,1H3,(H2,18,20,22,24)(H2,19,21,23,25)/t11-/m0/s1. The van der Waals surface area contributed by atoms with Gasteiger partial charge >= 0.3 is 0 Å². The van der Waals surface area contributed by atoms with Crippen molar-refractivity contribution in [3.8, 4) is 0 Å². The van der Waals surface area contributed by atoms with Gasteiger partial charge in [-0.1, -0.05) is 25.7 Å². The van der Waals surface area contributed by atoms with Crippen LogP contribution in [0.1, 0.15) is 58.3 Å². The van der Waals surface area contributed by atoms with Gasteiger partial charge < -0.3 is 21.3 Å². The molecule has 0 spiro atoms. The minimum Gasteiger partial charge on any atom is -0.360 e. The lowest BCUT2D eigenvalue weighted by molar-refractivity contribution is -0.124. The zero-order valence-electron chi connectivity index (χ0n) is 14.7. The monoisotopic (exact) mass is 384 g/mol.